The first-order chi connectivity index (χ1) is 11.0. The van der Waals surface area contributed by atoms with Crippen molar-refractivity contribution >= 4 is 45.6 Å². The van der Waals surface area contributed by atoms with Crippen LogP contribution in [0, 0.1) is 0 Å². The van der Waals surface area contributed by atoms with Crippen LogP contribution in [0.3, 0.4) is 0 Å². The molecule has 0 spiro atoms. The number of ketones is 1. The quantitative estimate of drug-likeness (QED) is 0.674. The van der Waals surface area contributed by atoms with Gasteiger partial charge < -0.3 is 10.6 Å². The molecule has 0 fully saturated rings. The van der Waals surface area contributed by atoms with E-state index in [1.54, 1.807) is 17.9 Å². The third-order valence-electron chi connectivity index (χ3n) is 3.71. The van der Waals surface area contributed by atoms with Gasteiger partial charge in [-0.25, -0.2) is 0 Å². The molecule has 1 aliphatic heterocycles. The van der Waals surface area contributed by atoms with E-state index in [4.69, 9.17) is 5.73 Å². The molecule has 120 valence electrons. The van der Waals surface area contributed by atoms with Crippen LogP contribution in [0.2, 0.25) is 0 Å². The second-order valence-corrected chi connectivity index (χ2v) is 7.89. The Bertz CT molecular complexity index is 775. The topological polar surface area (TPSA) is 89.2 Å². The first-order valence-corrected chi connectivity index (χ1v) is 8.86. The molecule has 2 aromatic rings. The number of benzene rings is 1. The first-order valence-electron chi connectivity index (χ1n) is 7.16. The van der Waals surface area contributed by atoms with Crippen LogP contribution < -0.4 is 10.6 Å². The van der Waals surface area contributed by atoms with Crippen molar-refractivity contribution in [1.29, 1.82) is 0 Å². The van der Waals surface area contributed by atoms with Crippen molar-refractivity contribution in [1.82, 2.24) is 10.2 Å². The summed E-state index contributed by atoms with van der Waals surface area (Å²) >= 11 is 2.63. The van der Waals surface area contributed by atoms with Crippen LogP contribution >= 0.6 is 23.1 Å². The lowest BCUT2D eigenvalue weighted by Gasteiger charge is -2.15. The summed E-state index contributed by atoms with van der Waals surface area (Å²) in [6.07, 6.45) is 0.782. The maximum absolute atomic E-state index is 12.6. The number of anilines is 2. The molecule has 0 bridgehead atoms. The number of aromatic nitrogens is 2. The maximum Gasteiger partial charge on any atom is 0.223 e. The molecule has 23 heavy (non-hydrogen) atoms. The number of carbonyl (C=O) groups excluding carboxylic acids is 2. The first kappa shape index (κ1) is 15.9. The third kappa shape index (κ3) is 3.23. The van der Waals surface area contributed by atoms with Gasteiger partial charge in [-0.05, 0) is 37.1 Å². The van der Waals surface area contributed by atoms with Crippen LogP contribution in [0.4, 0.5) is 10.8 Å². The van der Waals surface area contributed by atoms with Crippen LogP contribution in [-0.2, 0) is 11.2 Å². The van der Waals surface area contributed by atoms with E-state index < -0.39 is 0 Å². The molecule has 2 heterocycles. The minimum absolute atomic E-state index is 0.0283. The molecule has 0 saturated heterocycles. The van der Waals surface area contributed by atoms with Crippen molar-refractivity contribution in [3.8, 4) is 0 Å². The summed E-state index contributed by atoms with van der Waals surface area (Å²) in [5, 5.41) is 7.80. The molecule has 0 unspecified atom stereocenters. The van der Waals surface area contributed by atoms with E-state index in [1.165, 1.54) is 23.1 Å². The predicted molar refractivity (Wildman–Crippen MR) is 92.1 cm³/mol. The zero-order valence-electron chi connectivity index (χ0n) is 12.8. The highest BCUT2D eigenvalue weighted by molar-refractivity contribution is 8.02. The van der Waals surface area contributed by atoms with Gasteiger partial charge >= 0.3 is 0 Å². The molecule has 0 radical (unpaired) electrons. The summed E-state index contributed by atoms with van der Waals surface area (Å²) in [7, 11) is 0. The summed E-state index contributed by atoms with van der Waals surface area (Å²) in [6.45, 7) is 4.08. The van der Waals surface area contributed by atoms with Gasteiger partial charge in [0.05, 0.1) is 5.25 Å². The Morgan fingerprint density at radius 1 is 1.39 bits per heavy atom. The molecule has 6 nitrogen and oxygen atoms in total. The molecule has 1 atom stereocenters. The summed E-state index contributed by atoms with van der Waals surface area (Å²) in [5.41, 5.74) is 8.17. The monoisotopic (exact) mass is 348 g/mol. The Hall–Kier alpha value is -1.93. The summed E-state index contributed by atoms with van der Waals surface area (Å²) in [5.74, 6) is 0.0634. The van der Waals surface area contributed by atoms with Gasteiger partial charge in [0.1, 0.15) is 0 Å². The Balaban J connectivity index is 1.77. The largest absolute Gasteiger partial charge is 0.374 e. The van der Waals surface area contributed by atoms with Gasteiger partial charge in [0.15, 0.2) is 10.1 Å². The molecule has 0 aliphatic carbocycles. The number of Topliss-reactive ketones (excluding diaryl/α,β-unsaturated/α-hetero) is 1. The number of carbonyl (C=O) groups is 2. The van der Waals surface area contributed by atoms with Crippen molar-refractivity contribution < 1.29 is 9.59 Å². The van der Waals surface area contributed by atoms with Gasteiger partial charge in [-0.1, -0.05) is 23.1 Å². The number of amides is 1. The van der Waals surface area contributed by atoms with E-state index >= 15 is 0 Å². The van der Waals surface area contributed by atoms with E-state index in [1.807, 2.05) is 19.1 Å². The van der Waals surface area contributed by atoms with Gasteiger partial charge in [-0.3, -0.25) is 9.59 Å². The molecule has 1 amide bonds. The normalized spacial score (nSPS) is 14.6. The fraction of sp³-hybridized carbons (Fsp3) is 0.333. The average molecular weight is 348 g/mol. The van der Waals surface area contributed by atoms with Gasteiger partial charge in [0.25, 0.3) is 0 Å². The van der Waals surface area contributed by atoms with Crippen molar-refractivity contribution in [2.45, 2.75) is 29.9 Å². The van der Waals surface area contributed by atoms with Crippen LogP contribution in [0.15, 0.2) is 22.5 Å². The summed E-state index contributed by atoms with van der Waals surface area (Å²) < 4.78 is 0.687. The highest BCUT2D eigenvalue weighted by atomic mass is 32.2. The van der Waals surface area contributed by atoms with Crippen LogP contribution in [0.1, 0.15) is 29.8 Å². The molecule has 1 aromatic heterocycles. The fourth-order valence-electron chi connectivity index (χ4n) is 2.59. The molecule has 0 saturated carbocycles. The van der Waals surface area contributed by atoms with E-state index in [0.29, 0.717) is 21.6 Å². The van der Waals surface area contributed by atoms with E-state index in [-0.39, 0.29) is 16.9 Å². The SMILES string of the molecule is CC(=O)N1CCc2cc(C(=O)[C@H](C)Sc3nnc(N)s3)ccc21. The number of fused-ring (bicyclic) bond motifs is 1. The molecular formula is C15H16N4O2S2. The highest BCUT2D eigenvalue weighted by Gasteiger charge is 2.25. The smallest absolute Gasteiger partial charge is 0.223 e. The number of hydrogen-bond acceptors (Lipinski definition) is 7. The van der Waals surface area contributed by atoms with E-state index in [9.17, 15) is 9.59 Å². The fourth-order valence-corrected chi connectivity index (χ4v) is 4.45. The van der Waals surface area contributed by atoms with Crippen molar-refractivity contribution in [2.75, 3.05) is 17.2 Å². The number of nitrogens with two attached hydrogens (primary N) is 1. The molecule has 8 heteroatoms. The lowest BCUT2D eigenvalue weighted by atomic mass is 10.0. The molecule has 1 aromatic carbocycles. The van der Waals surface area contributed by atoms with Gasteiger partial charge in [-0.2, -0.15) is 0 Å². The maximum atomic E-state index is 12.6. The lowest BCUT2D eigenvalue weighted by molar-refractivity contribution is -0.116. The van der Waals surface area contributed by atoms with Crippen molar-refractivity contribution in [3.05, 3.63) is 29.3 Å². The van der Waals surface area contributed by atoms with Crippen molar-refractivity contribution in [2.24, 2.45) is 0 Å². The molecule has 2 N–H and O–H groups in total. The summed E-state index contributed by atoms with van der Waals surface area (Å²) in [6, 6.07) is 5.54. The Kier molecular flexibility index (Phi) is 4.36. The van der Waals surface area contributed by atoms with Gasteiger partial charge in [0.2, 0.25) is 11.0 Å². The number of nitrogen functional groups attached to an aromatic ring is 1. The molecule has 1 aliphatic rings. The van der Waals surface area contributed by atoms with Gasteiger partial charge in [0, 0.05) is 24.7 Å². The highest BCUT2D eigenvalue weighted by Crippen LogP contribution is 2.32. The van der Waals surface area contributed by atoms with Crippen LogP contribution in [-0.4, -0.2) is 33.7 Å². The average Bonchev–Trinajstić information content (AvgIpc) is 3.11. The molecular weight excluding hydrogens is 332 g/mol. The zero-order chi connectivity index (χ0) is 16.6. The summed E-state index contributed by atoms with van der Waals surface area (Å²) in [4.78, 5) is 25.9. The van der Waals surface area contributed by atoms with E-state index in [0.717, 1.165) is 17.7 Å². The Morgan fingerprint density at radius 3 is 2.83 bits per heavy atom. The van der Waals surface area contributed by atoms with E-state index in [2.05, 4.69) is 10.2 Å². The third-order valence-corrected chi connectivity index (χ3v) is 5.65. The van der Waals surface area contributed by atoms with Crippen LogP contribution in [0.5, 0.6) is 0 Å². The second kappa shape index (κ2) is 6.29. The minimum Gasteiger partial charge on any atom is -0.374 e. The number of nitrogens with zero attached hydrogens (tertiary/aromatic N) is 3. The lowest BCUT2D eigenvalue weighted by Crippen LogP contribution is -2.25. The predicted octanol–water partition coefficient (Wildman–Crippen LogP) is 2.39. The standard InChI is InChI=1S/C15H16N4O2S2/c1-8(22-15-18-17-14(16)23-15)13(21)11-3-4-12-10(7-11)5-6-19(12)9(2)20/h3-4,7-8H,5-6H2,1-2H3,(H2,16,17)/t8-/m0/s1. The Labute approximate surface area is 142 Å². The zero-order valence-corrected chi connectivity index (χ0v) is 14.4. The number of thioether (sulfide) groups is 1. The second-order valence-electron chi connectivity index (χ2n) is 5.29. The molecule has 3 rings (SSSR count). The minimum atomic E-state index is -0.272. The van der Waals surface area contributed by atoms with Crippen molar-refractivity contribution in [3.63, 3.8) is 0 Å². The number of rotatable bonds is 4. The Morgan fingerprint density at radius 2 is 2.17 bits per heavy atom. The van der Waals surface area contributed by atoms with Gasteiger partial charge in [-0.15, -0.1) is 10.2 Å². The van der Waals surface area contributed by atoms with Crippen LogP contribution in [0.25, 0.3) is 0 Å². The number of hydrogen-bond donors (Lipinski definition) is 1.